The number of benzene rings is 1. The van der Waals surface area contributed by atoms with Crippen LogP contribution < -0.4 is 5.73 Å². The molecule has 0 spiro atoms. The van der Waals surface area contributed by atoms with Crippen LogP contribution in [-0.2, 0) is 0 Å². The average Bonchev–Trinajstić information content (AvgIpc) is 2.80. The van der Waals surface area contributed by atoms with Crippen molar-refractivity contribution in [3.05, 3.63) is 34.9 Å². The number of halogens is 1. The van der Waals surface area contributed by atoms with Crippen LogP contribution in [0.25, 0.3) is 0 Å². The van der Waals surface area contributed by atoms with Gasteiger partial charge in [0.25, 0.3) is 0 Å². The Labute approximate surface area is 83.9 Å². The Hall–Kier alpha value is -0.530. The molecule has 1 aliphatic carbocycles. The van der Waals surface area contributed by atoms with Crippen LogP contribution >= 0.6 is 11.6 Å². The fourth-order valence-corrected chi connectivity index (χ4v) is 2.16. The first-order valence-electron chi connectivity index (χ1n) is 4.70. The highest BCUT2D eigenvalue weighted by atomic mass is 35.5. The minimum atomic E-state index is 0.0188. The third-order valence-electron chi connectivity index (χ3n) is 3.06. The van der Waals surface area contributed by atoms with Crippen LogP contribution in [0.1, 0.15) is 31.2 Å². The van der Waals surface area contributed by atoms with Crippen LogP contribution in [0.2, 0.25) is 5.02 Å². The molecule has 0 heterocycles. The molecule has 1 aromatic carbocycles. The minimum absolute atomic E-state index is 0.0188. The zero-order chi connectivity index (χ0) is 9.47. The van der Waals surface area contributed by atoms with E-state index in [4.69, 9.17) is 17.3 Å². The van der Waals surface area contributed by atoms with E-state index in [2.05, 4.69) is 13.0 Å². The topological polar surface area (TPSA) is 26.0 Å². The van der Waals surface area contributed by atoms with Gasteiger partial charge in [-0.1, -0.05) is 36.7 Å². The lowest BCUT2D eigenvalue weighted by molar-refractivity contribution is 0.626. The van der Waals surface area contributed by atoms with E-state index in [1.807, 2.05) is 18.2 Å². The van der Waals surface area contributed by atoms with Crippen LogP contribution in [0.3, 0.4) is 0 Å². The Balaban J connectivity index is 2.25. The van der Waals surface area contributed by atoms with Gasteiger partial charge in [0.05, 0.1) is 0 Å². The normalized spacial score (nSPS) is 31.8. The van der Waals surface area contributed by atoms with Crippen molar-refractivity contribution >= 4 is 11.6 Å². The molecule has 0 amide bonds. The lowest BCUT2D eigenvalue weighted by Gasteiger charge is -2.08. The Kier molecular flexibility index (Phi) is 2.09. The van der Waals surface area contributed by atoms with E-state index in [0.29, 0.717) is 5.92 Å². The van der Waals surface area contributed by atoms with Gasteiger partial charge in [0.1, 0.15) is 0 Å². The number of hydrogen-bond donors (Lipinski definition) is 1. The second-order valence-corrected chi connectivity index (χ2v) is 4.27. The Bertz CT molecular complexity index is 324. The molecule has 0 aromatic heterocycles. The molecule has 2 N–H and O–H groups in total. The summed E-state index contributed by atoms with van der Waals surface area (Å²) in [6.45, 7) is 2.14. The molecule has 0 radical (unpaired) electrons. The van der Waals surface area contributed by atoms with E-state index < -0.39 is 0 Å². The molecule has 2 atom stereocenters. The number of rotatable bonds is 2. The van der Waals surface area contributed by atoms with E-state index in [1.165, 1.54) is 5.56 Å². The summed E-state index contributed by atoms with van der Waals surface area (Å²) in [5, 5.41) is 0.855. The fraction of sp³-hybridized carbons (Fsp3) is 0.455. The van der Waals surface area contributed by atoms with E-state index in [-0.39, 0.29) is 5.54 Å². The maximum absolute atomic E-state index is 6.13. The van der Waals surface area contributed by atoms with Crippen molar-refractivity contribution in [3.63, 3.8) is 0 Å². The van der Waals surface area contributed by atoms with Crippen molar-refractivity contribution in [2.45, 2.75) is 31.2 Å². The lowest BCUT2D eigenvalue weighted by atomic mass is 10.1. The van der Waals surface area contributed by atoms with Crippen molar-refractivity contribution < 1.29 is 0 Å². The first-order chi connectivity index (χ1) is 6.17. The first kappa shape index (κ1) is 9.04. The fourth-order valence-electron chi connectivity index (χ4n) is 1.89. The molecule has 1 saturated carbocycles. The molecule has 0 aliphatic heterocycles. The monoisotopic (exact) mass is 195 g/mol. The van der Waals surface area contributed by atoms with Crippen molar-refractivity contribution in [1.29, 1.82) is 0 Å². The van der Waals surface area contributed by atoms with Crippen LogP contribution in [0.4, 0.5) is 0 Å². The Morgan fingerprint density at radius 1 is 1.54 bits per heavy atom. The second-order valence-electron chi connectivity index (χ2n) is 3.86. The number of nitrogens with two attached hydrogens (primary N) is 1. The molecule has 1 aromatic rings. The smallest absolute Gasteiger partial charge is 0.0441 e. The van der Waals surface area contributed by atoms with E-state index in [9.17, 15) is 0 Å². The van der Waals surface area contributed by atoms with Crippen molar-refractivity contribution in [3.8, 4) is 0 Å². The average molecular weight is 196 g/mol. The third kappa shape index (κ3) is 1.47. The standard InChI is InChI=1S/C11H14ClN/c1-2-11(13)7-9(11)8-5-3-4-6-10(8)12/h3-6,9H,2,7,13H2,1H3/t9-,11+/m0/s1. The van der Waals surface area contributed by atoms with Gasteiger partial charge in [-0.05, 0) is 24.5 Å². The van der Waals surface area contributed by atoms with Gasteiger partial charge in [0, 0.05) is 16.5 Å². The third-order valence-corrected chi connectivity index (χ3v) is 3.40. The van der Waals surface area contributed by atoms with Gasteiger partial charge in [0.2, 0.25) is 0 Å². The van der Waals surface area contributed by atoms with Crippen molar-refractivity contribution in [1.82, 2.24) is 0 Å². The molecule has 0 unspecified atom stereocenters. The van der Waals surface area contributed by atoms with E-state index in [1.54, 1.807) is 0 Å². The molecule has 1 nitrogen and oxygen atoms in total. The molecule has 0 bridgehead atoms. The van der Waals surface area contributed by atoms with E-state index >= 15 is 0 Å². The quantitative estimate of drug-likeness (QED) is 0.772. The second kappa shape index (κ2) is 3.00. The van der Waals surface area contributed by atoms with Crippen molar-refractivity contribution in [2.24, 2.45) is 5.73 Å². The highest BCUT2D eigenvalue weighted by Crippen LogP contribution is 2.52. The summed E-state index contributed by atoms with van der Waals surface area (Å²) in [7, 11) is 0. The van der Waals surface area contributed by atoms with Crippen LogP contribution in [0.5, 0.6) is 0 Å². The summed E-state index contributed by atoms with van der Waals surface area (Å²) in [6.07, 6.45) is 2.11. The Morgan fingerprint density at radius 3 is 2.77 bits per heavy atom. The Morgan fingerprint density at radius 2 is 2.23 bits per heavy atom. The van der Waals surface area contributed by atoms with Crippen molar-refractivity contribution in [2.75, 3.05) is 0 Å². The van der Waals surface area contributed by atoms with Crippen LogP contribution in [-0.4, -0.2) is 5.54 Å². The zero-order valence-electron chi connectivity index (χ0n) is 7.76. The molecule has 13 heavy (non-hydrogen) atoms. The van der Waals surface area contributed by atoms with Gasteiger partial charge < -0.3 is 5.73 Å². The summed E-state index contributed by atoms with van der Waals surface area (Å²) in [5.74, 6) is 0.478. The molecule has 2 rings (SSSR count). The first-order valence-corrected chi connectivity index (χ1v) is 5.08. The molecule has 1 fully saturated rings. The summed E-state index contributed by atoms with van der Waals surface area (Å²) in [5.41, 5.74) is 7.37. The van der Waals surface area contributed by atoms with Gasteiger partial charge in [0.15, 0.2) is 0 Å². The SMILES string of the molecule is CC[C@@]1(N)C[C@H]1c1ccccc1Cl. The summed E-state index contributed by atoms with van der Waals surface area (Å²) in [4.78, 5) is 0. The predicted molar refractivity (Wildman–Crippen MR) is 56.0 cm³/mol. The molecule has 1 aliphatic rings. The minimum Gasteiger partial charge on any atom is -0.325 e. The van der Waals surface area contributed by atoms with Crippen LogP contribution in [0, 0.1) is 0 Å². The summed E-state index contributed by atoms with van der Waals surface area (Å²) >= 11 is 6.09. The highest BCUT2D eigenvalue weighted by Gasteiger charge is 2.50. The molecule has 0 saturated heterocycles. The predicted octanol–water partition coefficient (Wildman–Crippen LogP) is 2.93. The molecular formula is C11H14ClN. The summed E-state index contributed by atoms with van der Waals surface area (Å²) in [6, 6.07) is 8.00. The zero-order valence-corrected chi connectivity index (χ0v) is 8.51. The maximum Gasteiger partial charge on any atom is 0.0441 e. The highest BCUT2D eigenvalue weighted by molar-refractivity contribution is 6.31. The van der Waals surface area contributed by atoms with Gasteiger partial charge in [-0.15, -0.1) is 0 Å². The van der Waals surface area contributed by atoms with Crippen LogP contribution in [0.15, 0.2) is 24.3 Å². The molecular weight excluding hydrogens is 182 g/mol. The van der Waals surface area contributed by atoms with Gasteiger partial charge in [-0.3, -0.25) is 0 Å². The van der Waals surface area contributed by atoms with E-state index in [0.717, 1.165) is 17.9 Å². The maximum atomic E-state index is 6.13. The number of hydrogen-bond acceptors (Lipinski definition) is 1. The van der Waals surface area contributed by atoms with Gasteiger partial charge >= 0.3 is 0 Å². The summed E-state index contributed by atoms with van der Waals surface area (Å²) < 4.78 is 0. The molecule has 70 valence electrons. The van der Waals surface area contributed by atoms with Gasteiger partial charge in [-0.25, -0.2) is 0 Å². The largest absolute Gasteiger partial charge is 0.325 e. The van der Waals surface area contributed by atoms with Gasteiger partial charge in [-0.2, -0.15) is 0 Å². The molecule has 2 heteroatoms. The lowest BCUT2D eigenvalue weighted by Crippen LogP contribution is -2.22.